The molecule has 25 heavy (non-hydrogen) atoms. The summed E-state index contributed by atoms with van der Waals surface area (Å²) >= 11 is 0. The van der Waals surface area contributed by atoms with Crippen LogP contribution in [0.4, 0.5) is 0 Å². The van der Waals surface area contributed by atoms with Crippen LogP contribution in [0.2, 0.25) is 0 Å². The molecule has 4 nitrogen and oxygen atoms in total. The van der Waals surface area contributed by atoms with Crippen molar-refractivity contribution in [1.29, 1.82) is 0 Å². The highest BCUT2D eigenvalue weighted by Gasteiger charge is 2.12. The summed E-state index contributed by atoms with van der Waals surface area (Å²) in [5.74, 6) is 1.00. The Morgan fingerprint density at radius 2 is 1.96 bits per heavy atom. The zero-order valence-electron chi connectivity index (χ0n) is 14.9. The molecule has 0 N–H and O–H groups in total. The van der Waals surface area contributed by atoms with Gasteiger partial charge in [-0.2, -0.15) is 0 Å². The van der Waals surface area contributed by atoms with E-state index in [9.17, 15) is 4.79 Å². The van der Waals surface area contributed by atoms with E-state index in [-0.39, 0.29) is 5.78 Å². The van der Waals surface area contributed by atoms with Gasteiger partial charge in [0, 0.05) is 18.7 Å². The molecular formula is C21H23N3O. The average Bonchev–Trinajstić information content (AvgIpc) is 2.97. The second-order valence-electron chi connectivity index (χ2n) is 6.45. The summed E-state index contributed by atoms with van der Waals surface area (Å²) in [7, 11) is 4.15. The lowest BCUT2D eigenvalue weighted by atomic mass is 10.1. The van der Waals surface area contributed by atoms with E-state index in [2.05, 4.69) is 41.8 Å². The second kappa shape index (κ2) is 7.45. The van der Waals surface area contributed by atoms with Crippen LogP contribution < -0.4 is 0 Å². The van der Waals surface area contributed by atoms with Gasteiger partial charge >= 0.3 is 0 Å². The molecule has 2 aromatic carbocycles. The van der Waals surface area contributed by atoms with E-state index in [1.165, 1.54) is 0 Å². The topological polar surface area (TPSA) is 38.1 Å². The smallest absolute Gasteiger partial charge is 0.152 e. The standard InChI is InChI=1S/C21H23N3O/c1-16(25)11-12-17-7-6-8-18(15-17)21-22-19-9-4-5-10-20(19)24(21)14-13-23(2)3/h4-12,15H,13-14H2,1-3H3/b12-11+. The molecule has 0 spiro atoms. The van der Waals surface area contributed by atoms with E-state index in [4.69, 9.17) is 4.98 Å². The Labute approximate surface area is 148 Å². The number of benzene rings is 2. The van der Waals surface area contributed by atoms with Crippen LogP contribution >= 0.6 is 0 Å². The molecule has 0 bridgehead atoms. The van der Waals surface area contributed by atoms with Gasteiger partial charge in [-0.05, 0) is 50.9 Å². The molecular weight excluding hydrogens is 310 g/mol. The van der Waals surface area contributed by atoms with Crippen molar-refractivity contribution in [2.75, 3.05) is 20.6 Å². The lowest BCUT2D eigenvalue weighted by Crippen LogP contribution is -2.18. The normalized spacial score (nSPS) is 11.7. The minimum Gasteiger partial charge on any atom is -0.323 e. The highest BCUT2D eigenvalue weighted by molar-refractivity contribution is 5.91. The van der Waals surface area contributed by atoms with E-state index in [0.29, 0.717) is 0 Å². The van der Waals surface area contributed by atoms with Gasteiger partial charge in [0.05, 0.1) is 11.0 Å². The Bertz CT molecular complexity index is 922. The molecule has 0 aliphatic heterocycles. The fourth-order valence-corrected chi connectivity index (χ4v) is 2.82. The summed E-state index contributed by atoms with van der Waals surface area (Å²) in [5.41, 5.74) is 4.20. The Morgan fingerprint density at radius 3 is 2.72 bits per heavy atom. The number of para-hydroxylation sites is 2. The number of allylic oxidation sites excluding steroid dienone is 1. The average molecular weight is 333 g/mol. The third kappa shape index (κ3) is 4.03. The molecule has 0 fully saturated rings. The van der Waals surface area contributed by atoms with Crippen molar-refractivity contribution in [3.63, 3.8) is 0 Å². The molecule has 4 heteroatoms. The maximum absolute atomic E-state index is 11.2. The van der Waals surface area contributed by atoms with Gasteiger partial charge in [-0.15, -0.1) is 0 Å². The monoisotopic (exact) mass is 333 g/mol. The number of ketones is 1. The third-order valence-corrected chi connectivity index (χ3v) is 4.08. The first-order valence-electron chi connectivity index (χ1n) is 8.43. The number of carbonyl (C=O) groups excluding carboxylic acids is 1. The summed E-state index contributed by atoms with van der Waals surface area (Å²) in [4.78, 5) is 18.2. The van der Waals surface area contributed by atoms with E-state index < -0.39 is 0 Å². The molecule has 1 heterocycles. The molecule has 0 atom stereocenters. The first-order valence-corrected chi connectivity index (χ1v) is 8.43. The summed E-state index contributed by atoms with van der Waals surface area (Å²) < 4.78 is 2.27. The van der Waals surface area contributed by atoms with Gasteiger partial charge < -0.3 is 9.47 Å². The van der Waals surface area contributed by atoms with Crippen LogP contribution in [-0.4, -0.2) is 40.9 Å². The number of likely N-dealkylation sites (N-methyl/N-ethyl adjacent to an activating group) is 1. The van der Waals surface area contributed by atoms with Gasteiger partial charge in [0.2, 0.25) is 0 Å². The Hall–Kier alpha value is -2.72. The van der Waals surface area contributed by atoms with Gasteiger partial charge in [-0.3, -0.25) is 4.79 Å². The Morgan fingerprint density at radius 1 is 1.16 bits per heavy atom. The van der Waals surface area contributed by atoms with Gasteiger partial charge in [-0.1, -0.05) is 36.4 Å². The maximum atomic E-state index is 11.2. The first-order chi connectivity index (χ1) is 12.0. The Balaban J connectivity index is 2.07. The number of imidazole rings is 1. The quantitative estimate of drug-likeness (QED) is 0.643. The van der Waals surface area contributed by atoms with E-state index in [1.54, 1.807) is 13.0 Å². The number of hydrogen-bond donors (Lipinski definition) is 0. The molecule has 3 rings (SSSR count). The van der Waals surface area contributed by atoms with Crippen LogP contribution in [0.15, 0.2) is 54.6 Å². The molecule has 0 amide bonds. The molecule has 0 unspecified atom stereocenters. The van der Waals surface area contributed by atoms with Crippen LogP contribution in [0.25, 0.3) is 28.5 Å². The lowest BCUT2D eigenvalue weighted by molar-refractivity contribution is -0.112. The summed E-state index contributed by atoms with van der Waals surface area (Å²) in [6.07, 6.45) is 3.44. The van der Waals surface area contributed by atoms with Crippen molar-refractivity contribution in [2.24, 2.45) is 0 Å². The number of hydrogen-bond acceptors (Lipinski definition) is 3. The highest BCUT2D eigenvalue weighted by Crippen LogP contribution is 2.25. The molecule has 128 valence electrons. The SMILES string of the molecule is CC(=O)/C=C/c1cccc(-c2nc3ccccc3n2CCN(C)C)c1. The minimum atomic E-state index is 0.0450. The van der Waals surface area contributed by atoms with Crippen molar-refractivity contribution in [1.82, 2.24) is 14.5 Å². The fourth-order valence-electron chi connectivity index (χ4n) is 2.82. The predicted molar refractivity (Wildman–Crippen MR) is 103 cm³/mol. The summed E-state index contributed by atoms with van der Waals surface area (Å²) in [6.45, 7) is 3.37. The van der Waals surface area contributed by atoms with E-state index in [1.807, 2.05) is 36.4 Å². The van der Waals surface area contributed by atoms with Gasteiger partial charge in [-0.25, -0.2) is 4.98 Å². The fraction of sp³-hybridized carbons (Fsp3) is 0.238. The van der Waals surface area contributed by atoms with Crippen molar-refractivity contribution >= 4 is 22.9 Å². The highest BCUT2D eigenvalue weighted by atomic mass is 16.1. The number of carbonyl (C=O) groups is 1. The summed E-state index contributed by atoms with van der Waals surface area (Å²) in [6, 6.07) is 16.4. The van der Waals surface area contributed by atoms with Gasteiger partial charge in [0.25, 0.3) is 0 Å². The lowest BCUT2D eigenvalue weighted by Gasteiger charge is -2.13. The van der Waals surface area contributed by atoms with Crippen LogP contribution in [0.3, 0.4) is 0 Å². The number of nitrogens with zero attached hydrogens (tertiary/aromatic N) is 3. The van der Waals surface area contributed by atoms with E-state index in [0.717, 1.165) is 41.1 Å². The van der Waals surface area contributed by atoms with Crippen molar-refractivity contribution in [2.45, 2.75) is 13.5 Å². The van der Waals surface area contributed by atoms with Crippen molar-refractivity contribution < 1.29 is 4.79 Å². The van der Waals surface area contributed by atoms with Crippen LogP contribution in [0, 0.1) is 0 Å². The zero-order chi connectivity index (χ0) is 17.8. The number of fused-ring (bicyclic) bond motifs is 1. The third-order valence-electron chi connectivity index (χ3n) is 4.08. The number of aromatic nitrogens is 2. The molecule has 1 aromatic heterocycles. The Kier molecular flexibility index (Phi) is 5.10. The molecule has 0 radical (unpaired) electrons. The van der Waals surface area contributed by atoms with Crippen LogP contribution in [-0.2, 0) is 11.3 Å². The maximum Gasteiger partial charge on any atom is 0.152 e. The van der Waals surface area contributed by atoms with Crippen molar-refractivity contribution in [3.8, 4) is 11.4 Å². The van der Waals surface area contributed by atoms with Crippen molar-refractivity contribution in [3.05, 3.63) is 60.2 Å². The molecule has 0 aliphatic rings. The molecule has 0 saturated carbocycles. The molecule has 3 aromatic rings. The van der Waals surface area contributed by atoms with Crippen LogP contribution in [0.1, 0.15) is 12.5 Å². The second-order valence-corrected chi connectivity index (χ2v) is 6.45. The largest absolute Gasteiger partial charge is 0.323 e. The zero-order valence-corrected chi connectivity index (χ0v) is 14.9. The van der Waals surface area contributed by atoms with Gasteiger partial charge in [0.15, 0.2) is 5.78 Å². The summed E-state index contributed by atoms with van der Waals surface area (Å²) in [5, 5.41) is 0. The van der Waals surface area contributed by atoms with Crippen LogP contribution in [0.5, 0.6) is 0 Å². The molecule has 0 aliphatic carbocycles. The molecule has 0 saturated heterocycles. The predicted octanol–water partition coefficient (Wildman–Crippen LogP) is 3.87. The minimum absolute atomic E-state index is 0.0450. The van der Waals surface area contributed by atoms with E-state index >= 15 is 0 Å². The first kappa shape index (κ1) is 17.1. The number of rotatable bonds is 6. The van der Waals surface area contributed by atoms with Gasteiger partial charge in [0.1, 0.15) is 5.82 Å².